The van der Waals surface area contributed by atoms with Crippen molar-refractivity contribution in [1.29, 1.82) is 0 Å². The van der Waals surface area contributed by atoms with Gasteiger partial charge in [-0.25, -0.2) is 8.42 Å². The lowest BCUT2D eigenvalue weighted by molar-refractivity contribution is 0.113. The van der Waals surface area contributed by atoms with Crippen LogP contribution in [-0.4, -0.2) is 57.0 Å². The SMILES string of the molecule is CNC1CCCN(C2CCCC(S(C)(=O)=O)C2)C1. The van der Waals surface area contributed by atoms with E-state index >= 15 is 0 Å². The lowest BCUT2D eigenvalue weighted by Crippen LogP contribution is -2.50. The predicted octanol–water partition coefficient (Wildman–Crippen LogP) is 1.03. The molecule has 0 amide bonds. The zero-order valence-corrected chi connectivity index (χ0v) is 12.4. The molecule has 0 aromatic rings. The van der Waals surface area contributed by atoms with Crippen molar-refractivity contribution in [3.05, 3.63) is 0 Å². The first-order valence-corrected chi connectivity index (χ1v) is 9.06. The van der Waals surface area contributed by atoms with Gasteiger partial charge in [-0.2, -0.15) is 0 Å². The van der Waals surface area contributed by atoms with Gasteiger partial charge in [0, 0.05) is 24.9 Å². The molecule has 1 aliphatic heterocycles. The molecule has 1 saturated carbocycles. The molecule has 0 aromatic heterocycles. The van der Waals surface area contributed by atoms with E-state index in [0.29, 0.717) is 12.1 Å². The van der Waals surface area contributed by atoms with Gasteiger partial charge in [-0.05, 0) is 45.7 Å². The first-order chi connectivity index (χ1) is 8.50. The zero-order chi connectivity index (χ0) is 13.2. The van der Waals surface area contributed by atoms with E-state index in [1.54, 1.807) is 0 Å². The van der Waals surface area contributed by atoms with Crippen LogP contribution >= 0.6 is 0 Å². The summed E-state index contributed by atoms with van der Waals surface area (Å²) in [6.45, 7) is 2.22. The molecule has 0 bridgehead atoms. The maximum Gasteiger partial charge on any atom is 0.150 e. The largest absolute Gasteiger partial charge is 0.316 e. The third-order valence-corrected chi connectivity index (χ3v) is 6.22. The number of likely N-dealkylation sites (tertiary alicyclic amines) is 1. The third-order valence-electron chi connectivity index (χ3n) is 4.58. The Bertz CT molecular complexity index is 369. The third kappa shape index (κ3) is 3.45. The van der Waals surface area contributed by atoms with Crippen LogP contribution in [0.25, 0.3) is 0 Å². The maximum atomic E-state index is 11.7. The van der Waals surface area contributed by atoms with Crippen LogP contribution in [0.15, 0.2) is 0 Å². The van der Waals surface area contributed by atoms with E-state index in [-0.39, 0.29) is 5.25 Å². The van der Waals surface area contributed by atoms with Crippen molar-refractivity contribution in [1.82, 2.24) is 10.2 Å². The van der Waals surface area contributed by atoms with Gasteiger partial charge >= 0.3 is 0 Å². The van der Waals surface area contributed by atoms with E-state index in [0.717, 1.165) is 32.4 Å². The number of likely N-dealkylation sites (N-methyl/N-ethyl adjacent to an activating group) is 1. The van der Waals surface area contributed by atoms with Gasteiger partial charge in [-0.15, -0.1) is 0 Å². The van der Waals surface area contributed by atoms with Crippen molar-refractivity contribution >= 4 is 9.84 Å². The Morgan fingerprint density at radius 3 is 2.61 bits per heavy atom. The van der Waals surface area contributed by atoms with Crippen molar-refractivity contribution in [2.75, 3.05) is 26.4 Å². The van der Waals surface area contributed by atoms with Crippen LogP contribution in [0, 0.1) is 0 Å². The summed E-state index contributed by atoms with van der Waals surface area (Å²) in [5.74, 6) is 0. The van der Waals surface area contributed by atoms with E-state index in [1.165, 1.54) is 25.5 Å². The summed E-state index contributed by atoms with van der Waals surface area (Å²) in [5.41, 5.74) is 0. The van der Waals surface area contributed by atoms with E-state index in [4.69, 9.17) is 0 Å². The molecule has 3 unspecified atom stereocenters. The van der Waals surface area contributed by atoms with Gasteiger partial charge in [0.2, 0.25) is 0 Å². The molecule has 1 N–H and O–H groups in total. The molecule has 4 nitrogen and oxygen atoms in total. The Hall–Kier alpha value is -0.130. The number of hydrogen-bond acceptors (Lipinski definition) is 4. The zero-order valence-electron chi connectivity index (χ0n) is 11.6. The summed E-state index contributed by atoms with van der Waals surface area (Å²) in [7, 11) is -0.837. The van der Waals surface area contributed by atoms with Crippen LogP contribution in [0.5, 0.6) is 0 Å². The van der Waals surface area contributed by atoms with E-state index in [9.17, 15) is 8.42 Å². The van der Waals surface area contributed by atoms with Gasteiger partial charge in [0.1, 0.15) is 9.84 Å². The molecule has 5 heteroatoms. The Balaban J connectivity index is 1.96. The Kier molecular flexibility index (Phi) is 4.67. The molecule has 2 fully saturated rings. The number of nitrogens with one attached hydrogen (secondary N) is 1. The van der Waals surface area contributed by atoms with Gasteiger partial charge in [-0.1, -0.05) is 6.42 Å². The highest BCUT2D eigenvalue weighted by Crippen LogP contribution is 2.29. The second kappa shape index (κ2) is 5.88. The van der Waals surface area contributed by atoms with Crippen LogP contribution in [0.4, 0.5) is 0 Å². The number of piperidine rings is 1. The average molecular weight is 274 g/mol. The van der Waals surface area contributed by atoms with Gasteiger partial charge in [0.25, 0.3) is 0 Å². The molecule has 2 aliphatic rings. The fraction of sp³-hybridized carbons (Fsp3) is 1.00. The summed E-state index contributed by atoms with van der Waals surface area (Å²) in [5, 5.41) is 3.25. The summed E-state index contributed by atoms with van der Waals surface area (Å²) in [6, 6.07) is 1.06. The fourth-order valence-electron chi connectivity index (χ4n) is 3.41. The molecule has 0 aromatic carbocycles. The minimum absolute atomic E-state index is 0.105. The highest BCUT2D eigenvalue weighted by atomic mass is 32.2. The van der Waals surface area contributed by atoms with Gasteiger partial charge in [-0.3, -0.25) is 4.90 Å². The highest BCUT2D eigenvalue weighted by molar-refractivity contribution is 7.91. The standard InChI is InChI=1S/C13H26N2O2S/c1-14-11-5-4-8-15(10-11)12-6-3-7-13(9-12)18(2,16)17/h11-14H,3-10H2,1-2H3. The quantitative estimate of drug-likeness (QED) is 0.835. The Labute approximate surface area is 111 Å². The normalized spacial score (nSPS) is 35.6. The lowest BCUT2D eigenvalue weighted by Gasteiger charge is -2.41. The molecule has 1 saturated heterocycles. The van der Waals surface area contributed by atoms with Crippen LogP contribution in [0.1, 0.15) is 38.5 Å². The molecule has 1 heterocycles. The van der Waals surface area contributed by atoms with Crippen molar-refractivity contribution in [2.45, 2.75) is 55.9 Å². The number of rotatable bonds is 3. The van der Waals surface area contributed by atoms with Crippen LogP contribution in [0.3, 0.4) is 0 Å². The Morgan fingerprint density at radius 1 is 1.17 bits per heavy atom. The van der Waals surface area contributed by atoms with Gasteiger partial charge in [0.15, 0.2) is 0 Å². The molecule has 18 heavy (non-hydrogen) atoms. The molecule has 3 atom stereocenters. The van der Waals surface area contributed by atoms with E-state index < -0.39 is 9.84 Å². The summed E-state index contributed by atoms with van der Waals surface area (Å²) in [6.07, 6.45) is 7.80. The number of hydrogen-bond donors (Lipinski definition) is 1. The second-order valence-corrected chi connectivity index (χ2v) is 8.22. The van der Waals surface area contributed by atoms with Crippen molar-refractivity contribution in [3.8, 4) is 0 Å². The fourth-order valence-corrected chi connectivity index (χ4v) is 4.58. The minimum atomic E-state index is -2.86. The first kappa shape index (κ1) is 14.3. The number of sulfone groups is 1. The lowest BCUT2D eigenvalue weighted by atomic mass is 9.91. The van der Waals surface area contributed by atoms with Crippen LogP contribution in [-0.2, 0) is 9.84 Å². The van der Waals surface area contributed by atoms with Crippen molar-refractivity contribution in [2.24, 2.45) is 0 Å². The number of nitrogens with zero attached hydrogens (tertiary/aromatic N) is 1. The smallest absolute Gasteiger partial charge is 0.150 e. The summed E-state index contributed by atoms with van der Waals surface area (Å²) >= 11 is 0. The van der Waals surface area contributed by atoms with E-state index in [1.807, 2.05) is 7.05 Å². The molecule has 2 rings (SSSR count). The van der Waals surface area contributed by atoms with E-state index in [2.05, 4.69) is 10.2 Å². The molecule has 106 valence electrons. The molecule has 1 aliphatic carbocycles. The monoisotopic (exact) mass is 274 g/mol. The maximum absolute atomic E-state index is 11.7. The van der Waals surface area contributed by atoms with Crippen molar-refractivity contribution < 1.29 is 8.42 Å². The van der Waals surface area contributed by atoms with Crippen molar-refractivity contribution in [3.63, 3.8) is 0 Å². The molecular formula is C13H26N2O2S. The predicted molar refractivity (Wildman–Crippen MR) is 74.5 cm³/mol. The summed E-state index contributed by atoms with van der Waals surface area (Å²) in [4.78, 5) is 2.52. The van der Waals surface area contributed by atoms with Crippen LogP contribution < -0.4 is 5.32 Å². The van der Waals surface area contributed by atoms with Crippen LogP contribution in [0.2, 0.25) is 0 Å². The topological polar surface area (TPSA) is 49.4 Å². The first-order valence-electron chi connectivity index (χ1n) is 7.11. The van der Waals surface area contributed by atoms with Gasteiger partial charge < -0.3 is 5.32 Å². The highest BCUT2D eigenvalue weighted by Gasteiger charge is 2.33. The second-order valence-electron chi connectivity index (χ2n) is 5.89. The Morgan fingerprint density at radius 2 is 1.94 bits per heavy atom. The molecule has 0 radical (unpaired) electrons. The minimum Gasteiger partial charge on any atom is -0.316 e. The summed E-state index contributed by atoms with van der Waals surface area (Å²) < 4.78 is 23.4. The molecule has 0 spiro atoms. The van der Waals surface area contributed by atoms with Gasteiger partial charge in [0.05, 0.1) is 5.25 Å². The molecular weight excluding hydrogens is 248 g/mol. The average Bonchev–Trinajstić information content (AvgIpc) is 2.38.